The Morgan fingerprint density at radius 2 is 2.17 bits per heavy atom. The van der Waals surface area contributed by atoms with Crippen molar-refractivity contribution >= 4 is 5.97 Å². The Bertz CT molecular complexity index is 123. The molecule has 0 aliphatic carbocycles. The molecular weight excluding hydrogens is 156 g/mol. The van der Waals surface area contributed by atoms with E-state index in [1.807, 2.05) is 6.92 Å². The van der Waals surface area contributed by atoms with E-state index in [0.29, 0.717) is 13.0 Å². The zero-order valence-electron chi connectivity index (χ0n) is 8.13. The van der Waals surface area contributed by atoms with Crippen molar-refractivity contribution in [3.63, 3.8) is 0 Å². The highest BCUT2D eigenvalue weighted by Gasteiger charge is 2.08. The fraction of sp³-hybridized carbons (Fsp3) is 0.889. The fourth-order valence-corrected chi connectivity index (χ4v) is 0.707. The van der Waals surface area contributed by atoms with Gasteiger partial charge in [0, 0.05) is 7.11 Å². The van der Waals surface area contributed by atoms with E-state index in [0.717, 1.165) is 12.8 Å². The normalized spacial score (nSPS) is 12.6. The third-order valence-corrected chi connectivity index (χ3v) is 1.62. The first kappa shape index (κ1) is 11.4. The third kappa shape index (κ3) is 6.16. The van der Waals surface area contributed by atoms with Gasteiger partial charge in [-0.05, 0) is 13.3 Å². The van der Waals surface area contributed by atoms with Gasteiger partial charge in [0.05, 0.1) is 19.1 Å². The van der Waals surface area contributed by atoms with E-state index in [2.05, 4.69) is 6.92 Å². The predicted molar refractivity (Wildman–Crippen MR) is 47.0 cm³/mol. The molecule has 0 rings (SSSR count). The lowest BCUT2D eigenvalue weighted by molar-refractivity contribution is -0.146. The average Bonchev–Trinajstić information content (AvgIpc) is 2.05. The van der Waals surface area contributed by atoms with Crippen molar-refractivity contribution in [2.75, 3.05) is 13.7 Å². The minimum atomic E-state index is -0.169. The van der Waals surface area contributed by atoms with Crippen LogP contribution in [0.25, 0.3) is 0 Å². The molecule has 72 valence electrons. The molecule has 0 saturated heterocycles. The van der Waals surface area contributed by atoms with Crippen LogP contribution in [0.3, 0.4) is 0 Å². The van der Waals surface area contributed by atoms with Crippen LogP contribution < -0.4 is 0 Å². The third-order valence-electron chi connectivity index (χ3n) is 1.62. The van der Waals surface area contributed by atoms with Crippen molar-refractivity contribution in [2.45, 2.75) is 39.2 Å². The summed E-state index contributed by atoms with van der Waals surface area (Å²) >= 11 is 0. The minimum Gasteiger partial charge on any atom is -0.466 e. The molecule has 0 amide bonds. The zero-order valence-corrected chi connectivity index (χ0v) is 8.13. The van der Waals surface area contributed by atoms with Crippen LogP contribution in [0.4, 0.5) is 0 Å². The molecule has 1 unspecified atom stereocenters. The lowest BCUT2D eigenvalue weighted by Gasteiger charge is -2.08. The van der Waals surface area contributed by atoms with E-state index in [-0.39, 0.29) is 12.1 Å². The summed E-state index contributed by atoms with van der Waals surface area (Å²) in [5.74, 6) is -0.169. The van der Waals surface area contributed by atoms with Gasteiger partial charge >= 0.3 is 5.97 Å². The molecule has 0 spiro atoms. The van der Waals surface area contributed by atoms with Gasteiger partial charge in [-0.15, -0.1) is 0 Å². The topological polar surface area (TPSA) is 35.5 Å². The van der Waals surface area contributed by atoms with Crippen LogP contribution in [0.2, 0.25) is 0 Å². The van der Waals surface area contributed by atoms with E-state index in [1.54, 1.807) is 7.11 Å². The highest BCUT2D eigenvalue weighted by Crippen LogP contribution is 1.98. The predicted octanol–water partition coefficient (Wildman–Crippen LogP) is 1.75. The van der Waals surface area contributed by atoms with Crippen molar-refractivity contribution in [1.82, 2.24) is 0 Å². The summed E-state index contributed by atoms with van der Waals surface area (Å²) in [4.78, 5) is 11.0. The Morgan fingerprint density at radius 1 is 1.50 bits per heavy atom. The second-order valence-corrected chi connectivity index (χ2v) is 2.82. The van der Waals surface area contributed by atoms with E-state index in [1.165, 1.54) is 0 Å². The molecule has 0 aromatic carbocycles. The molecule has 0 heterocycles. The van der Waals surface area contributed by atoms with Crippen LogP contribution in [0, 0.1) is 0 Å². The Morgan fingerprint density at radius 3 is 2.67 bits per heavy atom. The van der Waals surface area contributed by atoms with Gasteiger partial charge in [0.25, 0.3) is 0 Å². The summed E-state index contributed by atoms with van der Waals surface area (Å²) in [7, 11) is 1.59. The summed E-state index contributed by atoms with van der Waals surface area (Å²) in [6.45, 7) is 4.44. The van der Waals surface area contributed by atoms with Crippen LogP contribution in [-0.2, 0) is 14.3 Å². The number of rotatable bonds is 6. The molecule has 12 heavy (non-hydrogen) atoms. The summed E-state index contributed by atoms with van der Waals surface area (Å²) < 4.78 is 9.86. The number of unbranched alkanes of at least 4 members (excludes halogenated alkanes) is 1. The Balaban J connectivity index is 3.33. The maximum Gasteiger partial charge on any atom is 0.308 e. The molecule has 0 aromatic heterocycles. The molecule has 0 aromatic rings. The molecule has 3 nitrogen and oxygen atoms in total. The largest absolute Gasteiger partial charge is 0.466 e. The number of carbonyl (C=O) groups is 1. The van der Waals surface area contributed by atoms with Gasteiger partial charge in [-0.2, -0.15) is 0 Å². The first-order chi connectivity index (χ1) is 5.70. The monoisotopic (exact) mass is 174 g/mol. The Kier molecular flexibility index (Phi) is 6.76. The first-order valence-electron chi connectivity index (χ1n) is 4.39. The van der Waals surface area contributed by atoms with Crippen molar-refractivity contribution in [1.29, 1.82) is 0 Å². The minimum absolute atomic E-state index is 0.0425. The molecule has 0 radical (unpaired) electrons. The molecule has 0 aliphatic rings. The van der Waals surface area contributed by atoms with Crippen LogP contribution >= 0.6 is 0 Å². The average molecular weight is 174 g/mol. The van der Waals surface area contributed by atoms with E-state index in [9.17, 15) is 4.79 Å². The highest BCUT2D eigenvalue weighted by molar-refractivity contribution is 5.69. The van der Waals surface area contributed by atoms with Crippen LogP contribution in [-0.4, -0.2) is 25.8 Å². The summed E-state index contributed by atoms with van der Waals surface area (Å²) in [5, 5.41) is 0. The lowest BCUT2D eigenvalue weighted by atomic mass is 10.3. The molecule has 0 saturated carbocycles. The standard InChI is InChI=1S/C9H18O3/c1-4-5-6-12-9(10)7-8(2)11-3/h8H,4-7H2,1-3H3. The van der Waals surface area contributed by atoms with Gasteiger partial charge in [0.2, 0.25) is 0 Å². The summed E-state index contributed by atoms with van der Waals surface area (Å²) in [6, 6.07) is 0. The van der Waals surface area contributed by atoms with Gasteiger partial charge in [-0.3, -0.25) is 4.79 Å². The number of carbonyl (C=O) groups excluding carboxylic acids is 1. The number of esters is 1. The van der Waals surface area contributed by atoms with Gasteiger partial charge in [-0.25, -0.2) is 0 Å². The zero-order chi connectivity index (χ0) is 9.40. The Hall–Kier alpha value is -0.570. The molecule has 0 bridgehead atoms. The van der Waals surface area contributed by atoms with Gasteiger partial charge in [0.1, 0.15) is 0 Å². The van der Waals surface area contributed by atoms with Crippen LogP contribution in [0.5, 0.6) is 0 Å². The molecule has 0 N–H and O–H groups in total. The highest BCUT2D eigenvalue weighted by atomic mass is 16.5. The van der Waals surface area contributed by atoms with Gasteiger partial charge < -0.3 is 9.47 Å². The van der Waals surface area contributed by atoms with Crippen LogP contribution in [0.15, 0.2) is 0 Å². The van der Waals surface area contributed by atoms with Crippen molar-refractivity contribution in [3.05, 3.63) is 0 Å². The maximum absolute atomic E-state index is 11.0. The molecule has 3 heteroatoms. The van der Waals surface area contributed by atoms with Crippen molar-refractivity contribution < 1.29 is 14.3 Å². The van der Waals surface area contributed by atoms with Crippen molar-refractivity contribution in [3.8, 4) is 0 Å². The number of hydrogen-bond donors (Lipinski definition) is 0. The van der Waals surface area contributed by atoms with Crippen LogP contribution in [0.1, 0.15) is 33.1 Å². The Labute approximate surface area is 74.0 Å². The number of methoxy groups -OCH3 is 1. The first-order valence-corrected chi connectivity index (χ1v) is 4.39. The van der Waals surface area contributed by atoms with Gasteiger partial charge in [-0.1, -0.05) is 13.3 Å². The summed E-state index contributed by atoms with van der Waals surface area (Å²) in [5.41, 5.74) is 0. The quantitative estimate of drug-likeness (QED) is 0.454. The fourth-order valence-electron chi connectivity index (χ4n) is 0.707. The van der Waals surface area contributed by atoms with E-state index < -0.39 is 0 Å². The smallest absolute Gasteiger partial charge is 0.308 e. The molecule has 0 fully saturated rings. The van der Waals surface area contributed by atoms with E-state index >= 15 is 0 Å². The lowest BCUT2D eigenvalue weighted by Crippen LogP contribution is -2.15. The van der Waals surface area contributed by atoms with E-state index in [4.69, 9.17) is 9.47 Å². The summed E-state index contributed by atoms with van der Waals surface area (Å²) in [6.07, 6.45) is 2.29. The van der Waals surface area contributed by atoms with Gasteiger partial charge in [0.15, 0.2) is 0 Å². The second kappa shape index (κ2) is 7.10. The molecule has 0 aliphatic heterocycles. The number of hydrogen-bond acceptors (Lipinski definition) is 3. The molecule has 1 atom stereocenters. The SMILES string of the molecule is CCCCOC(=O)CC(C)OC. The second-order valence-electron chi connectivity index (χ2n) is 2.82. The molecular formula is C9H18O3. The number of ether oxygens (including phenoxy) is 2. The van der Waals surface area contributed by atoms with Crippen molar-refractivity contribution in [2.24, 2.45) is 0 Å². The maximum atomic E-state index is 11.0.